The molecule has 1 aromatic carbocycles. The number of carbonyl (C=O) groups excluding carboxylic acids is 1. The van der Waals surface area contributed by atoms with E-state index in [-0.39, 0.29) is 18.3 Å². The van der Waals surface area contributed by atoms with E-state index < -0.39 is 0 Å². The minimum Gasteiger partial charge on any atom is -0.508 e. The molecule has 0 saturated carbocycles. The third kappa shape index (κ3) is 4.61. The molecule has 4 heteroatoms. The van der Waals surface area contributed by atoms with Gasteiger partial charge in [-0.2, -0.15) is 0 Å². The molecular formula is C12H15NO3. The van der Waals surface area contributed by atoms with E-state index in [1.165, 1.54) is 6.08 Å². The number of rotatable bonds is 5. The topological polar surface area (TPSA) is 69.6 Å². The monoisotopic (exact) mass is 221 g/mol. The summed E-state index contributed by atoms with van der Waals surface area (Å²) in [6, 6.07) is 6.55. The lowest BCUT2D eigenvalue weighted by Crippen LogP contribution is -2.22. The normalized spacial score (nSPS) is 10.6. The molecule has 0 aliphatic carbocycles. The Morgan fingerprint density at radius 3 is 2.62 bits per heavy atom. The summed E-state index contributed by atoms with van der Waals surface area (Å²) in [7, 11) is 0. The lowest BCUT2D eigenvalue weighted by Gasteiger charge is -1.99. The third-order valence-electron chi connectivity index (χ3n) is 1.95. The highest BCUT2D eigenvalue weighted by Gasteiger charge is 1.94. The van der Waals surface area contributed by atoms with E-state index in [2.05, 4.69) is 5.32 Å². The fourth-order valence-electron chi connectivity index (χ4n) is 1.11. The van der Waals surface area contributed by atoms with Crippen molar-refractivity contribution in [2.24, 2.45) is 0 Å². The molecule has 3 N–H and O–H groups in total. The molecule has 4 nitrogen and oxygen atoms in total. The van der Waals surface area contributed by atoms with Crippen molar-refractivity contribution in [2.75, 3.05) is 13.2 Å². The maximum atomic E-state index is 11.2. The Morgan fingerprint density at radius 1 is 1.31 bits per heavy atom. The summed E-state index contributed by atoms with van der Waals surface area (Å²) in [5, 5.41) is 20.2. The number of phenolic OH excluding ortho intramolecular Hbond substituents is 1. The zero-order chi connectivity index (χ0) is 11.8. The van der Waals surface area contributed by atoms with Gasteiger partial charge in [0, 0.05) is 19.2 Å². The number of hydrogen-bond donors (Lipinski definition) is 3. The highest BCUT2D eigenvalue weighted by Crippen LogP contribution is 2.10. The summed E-state index contributed by atoms with van der Waals surface area (Å²) >= 11 is 0. The molecule has 0 aromatic heterocycles. The first kappa shape index (κ1) is 12.3. The number of hydrogen-bond acceptors (Lipinski definition) is 3. The van der Waals surface area contributed by atoms with E-state index in [9.17, 15) is 4.79 Å². The molecule has 0 spiro atoms. The molecule has 0 aliphatic heterocycles. The van der Waals surface area contributed by atoms with E-state index in [0.29, 0.717) is 13.0 Å². The van der Waals surface area contributed by atoms with Gasteiger partial charge in [-0.1, -0.05) is 12.1 Å². The molecule has 16 heavy (non-hydrogen) atoms. The van der Waals surface area contributed by atoms with Crippen LogP contribution >= 0.6 is 0 Å². The lowest BCUT2D eigenvalue weighted by molar-refractivity contribution is -0.116. The first-order valence-electron chi connectivity index (χ1n) is 5.08. The smallest absolute Gasteiger partial charge is 0.244 e. The van der Waals surface area contributed by atoms with Crippen LogP contribution in [-0.4, -0.2) is 29.3 Å². The Morgan fingerprint density at radius 2 is 2.00 bits per heavy atom. The van der Waals surface area contributed by atoms with Crippen molar-refractivity contribution in [2.45, 2.75) is 6.42 Å². The number of nitrogens with one attached hydrogen (secondary N) is 1. The fourth-order valence-corrected chi connectivity index (χ4v) is 1.11. The molecule has 0 unspecified atom stereocenters. The average molecular weight is 221 g/mol. The Hall–Kier alpha value is -1.81. The van der Waals surface area contributed by atoms with Crippen molar-refractivity contribution >= 4 is 12.0 Å². The first-order valence-corrected chi connectivity index (χ1v) is 5.08. The molecule has 1 aromatic rings. The zero-order valence-corrected chi connectivity index (χ0v) is 8.89. The van der Waals surface area contributed by atoms with Crippen LogP contribution in [0.1, 0.15) is 12.0 Å². The van der Waals surface area contributed by atoms with Gasteiger partial charge in [-0.3, -0.25) is 4.79 Å². The van der Waals surface area contributed by atoms with Crippen LogP contribution in [0, 0.1) is 0 Å². The molecule has 1 amide bonds. The van der Waals surface area contributed by atoms with E-state index in [1.807, 2.05) is 0 Å². The van der Waals surface area contributed by atoms with Crippen LogP contribution in [0.15, 0.2) is 30.3 Å². The molecule has 0 fully saturated rings. The first-order chi connectivity index (χ1) is 7.72. The summed E-state index contributed by atoms with van der Waals surface area (Å²) in [6.45, 7) is 0.539. The van der Waals surface area contributed by atoms with Gasteiger partial charge in [0.2, 0.25) is 5.91 Å². The van der Waals surface area contributed by atoms with Crippen molar-refractivity contribution in [3.05, 3.63) is 35.9 Å². The zero-order valence-electron chi connectivity index (χ0n) is 8.89. The second kappa shape index (κ2) is 6.63. The van der Waals surface area contributed by atoms with Crippen LogP contribution in [0.4, 0.5) is 0 Å². The Labute approximate surface area is 94.2 Å². The van der Waals surface area contributed by atoms with Gasteiger partial charge in [-0.25, -0.2) is 0 Å². The summed E-state index contributed by atoms with van der Waals surface area (Å²) < 4.78 is 0. The van der Waals surface area contributed by atoms with E-state index >= 15 is 0 Å². The van der Waals surface area contributed by atoms with Crippen molar-refractivity contribution in [1.29, 1.82) is 0 Å². The molecule has 0 bridgehead atoms. The molecule has 0 heterocycles. The quantitative estimate of drug-likeness (QED) is 0.511. The molecule has 0 radical (unpaired) electrons. The standard InChI is InChI=1S/C12H15NO3/c14-9-1-8-13-12(16)7-4-10-2-5-11(15)6-3-10/h2-7,14-15H,1,8-9H2,(H,13,16)/b7-4+. The van der Waals surface area contributed by atoms with Gasteiger partial charge < -0.3 is 15.5 Å². The highest BCUT2D eigenvalue weighted by atomic mass is 16.3. The molecule has 0 atom stereocenters. The van der Waals surface area contributed by atoms with E-state index in [4.69, 9.17) is 10.2 Å². The average Bonchev–Trinajstić information content (AvgIpc) is 2.29. The highest BCUT2D eigenvalue weighted by molar-refractivity contribution is 5.91. The third-order valence-corrected chi connectivity index (χ3v) is 1.95. The van der Waals surface area contributed by atoms with Gasteiger partial charge in [0.25, 0.3) is 0 Å². The van der Waals surface area contributed by atoms with Gasteiger partial charge in [0.1, 0.15) is 5.75 Å². The number of aliphatic hydroxyl groups excluding tert-OH is 1. The van der Waals surface area contributed by atoms with Gasteiger partial charge >= 0.3 is 0 Å². The SMILES string of the molecule is O=C(/C=C/c1ccc(O)cc1)NCCCO. The van der Waals surface area contributed by atoms with Crippen molar-refractivity contribution in [1.82, 2.24) is 5.32 Å². The second-order valence-corrected chi connectivity index (χ2v) is 3.29. The molecule has 0 aliphatic rings. The van der Waals surface area contributed by atoms with E-state index in [1.54, 1.807) is 30.3 Å². The predicted octanol–water partition coefficient (Wildman–Crippen LogP) is 0.904. The Balaban J connectivity index is 2.41. The number of aromatic hydroxyl groups is 1. The summed E-state index contributed by atoms with van der Waals surface area (Å²) in [5.41, 5.74) is 0.843. The van der Waals surface area contributed by atoms with Gasteiger partial charge in [-0.15, -0.1) is 0 Å². The second-order valence-electron chi connectivity index (χ2n) is 3.29. The number of amides is 1. The van der Waals surface area contributed by atoms with Crippen molar-refractivity contribution < 1.29 is 15.0 Å². The lowest BCUT2D eigenvalue weighted by atomic mass is 10.2. The summed E-state index contributed by atoms with van der Waals surface area (Å²) in [6.07, 6.45) is 3.64. The number of phenols is 1. The minimum atomic E-state index is -0.193. The van der Waals surface area contributed by atoms with Crippen LogP contribution in [0.5, 0.6) is 5.75 Å². The predicted molar refractivity (Wildman–Crippen MR) is 61.9 cm³/mol. The van der Waals surface area contributed by atoms with Crippen LogP contribution < -0.4 is 5.32 Å². The summed E-state index contributed by atoms with van der Waals surface area (Å²) in [5.74, 6) is 0.00562. The number of benzene rings is 1. The molecule has 1 rings (SSSR count). The number of aliphatic hydroxyl groups is 1. The van der Waals surface area contributed by atoms with Crippen LogP contribution in [-0.2, 0) is 4.79 Å². The van der Waals surface area contributed by atoms with E-state index in [0.717, 1.165) is 5.56 Å². The maximum absolute atomic E-state index is 11.2. The van der Waals surface area contributed by atoms with Crippen LogP contribution in [0.25, 0.3) is 6.08 Å². The maximum Gasteiger partial charge on any atom is 0.244 e. The van der Waals surface area contributed by atoms with Crippen LogP contribution in [0.2, 0.25) is 0 Å². The van der Waals surface area contributed by atoms with Crippen molar-refractivity contribution in [3.8, 4) is 5.75 Å². The van der Waals surface area contributed by atoms with Gasteiger partial charge in [0.05, 0.1) is 0 Å². The molecular weight excluding hydrogens is 206 g/mol. The summed E-state index contributed by atoms with van der Waals surface area (Å²) in [4.78, 5) is 11.2. The van der Waals surface area contributed by atoms with Gasteiger partial charge in [-0.05, 0) is 30.2 Å². The van der Waals surface area contributed by atoms with Gasteiger partial charge in [0.15, 0.2) is 0 Å². The van der Waals surface area contributed by atoms with Crippen LogP contribution in [0.3, 0.4) is 0 Å². The number of carbonyl (C=O) groups is 1. The Kier molecular flexibility index (Phi) is 5.08. The minimum absolute atomic E-state index is 0.0714. The Bertz CT molecular complexity index is 357. The molecule has 0 saturated heterocycles. The van der Waals surface area contributed by atoms with Crippen molar-refractivity contribution in [3.63, 3.8) is 0 Å². The largest absolute Gasteiger partial charge is 0.508 e. The molecule has 86 valence electrons. The fraction of sp³-hybridized carbons (Fsp3) is 0.250.